The minimum atomic E-state index is -0.360. The van der Waals surface area contributed by atoms with Gasteiger partial charge in [-0.1, -0.05) is 31.2 Å². The van der Waals surface area contributed by atoms with E-state index in [1.165, 1.54) is 0 Å². The van der Waals surface area contributed by atoms with Crippen LogP contribution in [0.25, 0.3) is 10.8 Å². The van der Waals surface area contributed by atoms with Crippen LogP contribution in [-0.4, -0.2) is 65.8 Å². The number of carbonyl (C=O) groups is 1. The van der Waals surface area contributed by atoms with Crippen molar-refractivity contribution in [2.75, 3.05) is 39.3 Å². The molecule has 6 nitrogen and oxygen atoms in total. The van der Waals surface area contributed by atoms with Gasteiger partial charge in [-0.05, 0) is 22.9 Å². The molecule has 4 aliphatic heterocycles. The standard InChI is InChI=1S/C21H24N4O2/c1-21-12-24-6-7-25(13-21)11-16(10-24)19(21)22-23-20(27)17-8-14-4-2-3-5-15(14)9-18(17)26/h2-5,8-9,16,26H,6-7,10-13H2,1H3,(H,23,27)/b22-19+. The van der Waals surface area contributed by atoms with Gasteiger partial charge in [-0.25, -0.2) is 5.43 Å². The van der Waals surface area contributed by atoms with Gasteiger partial charge in [0, 0.05) is 50.6 Å². The third kappa shape index (κ3) is 2.80. The molecule has 0 aromatic heterocycles. The molecule has 1 amide bonds. The number of piperidine rings is 2. The van der Waals surface area contributed by atoms with Crippen LogP contribution in [0.4, 0.5) is 0 Å². The fourth-order valence-electron chi connectivity index (χ4n) is 5.11. The quantitative estimate of drug-likeness (QED) is 0.799. The van der Waals surface area contributed by atoms with E-state index in [-0.39, 0.29) is 22.6 Å². The molecular formula is C21H24N4O2. The highest BCUT2D eigenvalue weighted by Crippen LogP contribution is 2.38. The minimum absolute atomic E-state index is 0.0169. The second-order valence-electron chi connectivity index (χ2n) is 8.38. The molecule has 27 heavy (non-hydrogen) atoms. The summed E-state index contributed by atoms with van der Waals surface area (Å²) in [5.74, 6) is -0.0104. The predicted molar refractivity (Wildman–Crippen MR) is 105 cm³/mol. The molecule has 0 radical (unpaired) electrons. The number of hydrazone groups is 1. The number of phenolic OH excluding ortho intramolecular Hbond substituents is 1. The molecule has 6 rings (SSSR count). The number of hydrogen-bond donors (Lipinski definition) is 2. The molecule has 2 aromatic carbocycles. The maximum Gasteiger partial charge on any atom is 0.275 e. The van der Waals surface area contributed by atoms with Gasteiger partial charge in [0.1, 0.15) is 5.75 Å². The van der Waals surface area contributed by atoms with Crippen molar-refractivity contribution in [3.05, 3.63) is 42.0 Å². The van der Waals surface area contributed by atoms with E-state index in [9.17, 15) is 9.90 Å². The summed E-state index contributed by atoms with van der Waals surface area (Å²) in [7, 11) is 0. The van der Waals surface area contributed by atoms with Gasteiger partial charge in [-0.15, -0.1) is 0 Å². The molecule has 2 N–H and O–H groups in total. The molecule has 4 fully saturated rings. The minimum Gasteiger partial charge on any atom is -0.507 e. The summed E-state index contributed by atoms with van der Waals surface area (Å²) in [5, 5.41) is 16.7. The highest BCUT2D eigenvalue weighted by atomic mass is 16.3. The average Bonchev–Trinajstić information content (AvgIpc) is 2.87. The number of nitrogens with one attached hydrogen (secondary N) is 1. The smallest absolute Gasteiger partial charge is 0.275 e. The van der Waals surface area contributed by atoms with E-state index >= 15 is 0 Å². The molecule has 4 aliphatic rings. The zero-order chi connectivity index (χ0) is 18.6. The molecule has 2 unspecified atom stereocenters. The summed E-state index contributed by atoms with van der Waals surface area (Å²) in [5.41, 5.74) is 4.08. The Bertz CT molecular complexity index is 938. The second-order valence-corrected chi connectivity index (χ2v) is 8.38. The van der Waals surface area contributed by atoms with Crippen LogP contribution in [0.5, 0.6) is 5.75 Å². The van der Waals surface area contributed by atoms with Gasteiger partial charge in [-0.3, -0.25) is 4.79 Å². The van der Waals surface area contributed by atoms with Crippen molar-refractivity contribution >= 4 is 22.4 Å². The number of rotatable bonds is 2. The number of fused-ring (bicyclic) bond motifs is 2. The first-order chi connectivity index (χ1) is 13.0. The van der Waals surface area contributed by atoms with Crippen molar-refractivity contribution in [2.24, 2.45) is 16.4 Å². The van der Waals surface area contributed by atoms with Crippen LogP contribution < -0.4 is 5.43 Å². The average molecular weight is 364 g/mol. The summed E-state index contributed by atoms with van der Waals surface area (Å²) < 4.78 is 0. The van der Waals surface area contributed by atoms with Crippen LogP contribution in [0.1, 0.15) is 17.3 Å². The Labute approximate surface area is 158 Å². The summed E-state index contributed by atoms with van der Waals surface area (Å²) in [6.45, 7) is 8.52. The lowest BCUT2D eigenvalue weighted by molar-refractivity contribution is 0.0946. The maximum absolute atomic E-state index is 12.7. The molecule has 4 bridgehead atoms. The van der Waals surface area contributed by atoms with Crippen LogP contribution in [0.15, 0.2) is 41.5 Å². The lowest BCUT2D eigenvalue weighted by Crippen LogP contribution is -2.60. The van der Waals surface area contributed by atoms with E-state index in [2.05, 4.69) is 27.3 Å². The van der Waals surface area contributed by atoms with Gasteiger partial charge in [0.25, 0.3) is 5.91 Å². The number of nitrogens with zero attached hydrogens (tertiary/aromatic N) is 3. The van der Waals surface area contributed by atoms with Gasteiger partial charge in [0.2, 0.25) is 0 Å². The largest absolute Gasteiger partial charge is 0.507 e. The Morgan fingerprint density at radius 1 is 1.15 bits per heavy atom. The number of carbonyl (C=O) groups excluding carboxylic acids is 1. The van der Waals surface area contributed by atoms with E-state index in [1.807, 2.05) is 24.3 Å². The Morgan fingerprint density at radius 3 is 2.41 bits per heavy atom. The lowest BCUT2D eigenvalue weighted by atomic mass is 9.72. The highest BCUT2D eigenvalue weighted by Gasteiger charge is 2.49. The monoisotopic (exact) mass is 364 g/mol. The van der Waals surface area contributed by atoms with Crippen LogP contribution in [-0.2, 0) is 0 Å². The Hall–Kier alpha value is -2.44. The van der Waals surface area contributed by atoms with Crippen LogP contribution >= 0.6 is 0 Å². The maximum atomic E-state index is 12.7. The first kappa shape index (κ1) is 16.7. The molecule has 0 saturated carbocycles. The predicted octanol–water partition coefficient (Wildman–Crippen LogP) is 1.90. The van der Waals surface area contributed by atoms with Crippen LogP contribution in [0, 0.1) is 11.3 Å². The normalized spacial score (nSPS) is 33.4. The van der Waals surface area contributed by atoms with Crippen molar-refractivity contribution in [1.82, 2.24) is 15.2 Å². The topological polar surface area (TPSA) is 68.2 Å². The number of amides is 1. The van der Waals surface area contributed by atoms with E-state index < -0.39 is 0 Å². The number of phenols is 1. The van der Waals surface area contributed by atoms with E-state index in [1.54, 1.807) is 12.1 Å². The summed E-state index contributed by atoms with van der Waals surface area (Å²) in [4.78, 5) is 17.8. The molecule has 2 atom stereocenters. The van der Waals surface area contributed by atoms with Crippen molar-refractivity contribution in [3.63, 3.8) is 0 Å². The Morgan fingerprint density at radius 2 is 1.78 bits per heavy atom. The molecule has 4 heterocycles. The van der Waals surface area contributed by atoms with Gasteiger partial charge in [0.05, 0.1) is 11.3 Å². The molecular weight excluding hydrogens is 340 g/mol. The first-order valence-electron chi connectivity index (χ1n) is 9.57. The van der Waals surface area contributed by atoms with Crippen molar-refractivity contribution < 1.29 is 9.90 Å². The van der Waals surface area contributed by atoms with Crippen molar-refractivity contribution in [1.29, 1.82) is 0 Å². The van der Waals surface area contributed by atoms with Gasteiger partial charge in [0.15, 0.2) is 0 Å². The van der Waals surface area contributed by atoms with E-state index in [4.69, 9.17) is 0 Å². The van der Waals surface area contributed by atoms with Crippen molar-refractivity contribution in [3.8, 4) is 5.75 Å². The van der Waals surface area contributed by atoms with Crippen LogP contribution in [0.2, 0.25) is 0 Å². The molecule has 2 aromatic rings. The summed E-state index contributed by atoms with van der Waals surface area (Å²) >= 11 is 0. The molecule has 0 aliphatic carbocycles. The highest BCUT2D eigenvalue weighted by molar-refractivity contribution is 6.02. The third-order valence-electron chi connectivity index (χ3n) is 6.23. The number of hydrogen-bond acceptors (Lipinski definition) is 5. The third-order valence-corrected chi connectivity index (χ3v) is 6.23. The van der Waals surface area contributed by atoms with E-state index in [0.29, 0.717) is 5.92 Å². The fourth-order valence-corrected chi connectivity index (χ4v) is 5.11. The Kier molecular flexibility index (Phi) is 3.74. The molecule has 6 heteroatoms. The van der Waals surface area contributed by atoms with E-state index in [0.717, 1.165) is 55.8 Å². The number of aromatic hydroxyl groups is 1. The van der Waals surface area contributed by atoms with Crippen molar-refractivity contribution in [2.45, 2.75) is 6.92 Å². The molecule has 4 saturated heterocycles. The first-order valence-corrected chi connectivity index (χ1v) is 9.57. The van der Waals surface area contributed by atoms with Gasteiger partial charge >= 0.3 is 0 Å². The zero-order valence-corrected chi connectivity index (χ0v) is 15.5. The molecule has 140 valence electrons. The van der Waals surface area contributed by atoms with Crippen LogP contribution in [0.3, 0.4) is 0 Å². The zero-order valence-electron chi connectivity index (χ0n) is 15.5. The Balaban J connectivity index is 1.42. The van der Waals surface area contributed by atoms with Gasteiger partial charge in [-0.2, -0.15) is 5.10 Å². The SMILES string of the molecule is CC12CN3CCN(CC(C3)/C1=N\NC(=O)c1cc3ccccc3cc1O)C2. The summed E-state index contributed by atoms with van der Waals surface area (Å²) in [6.07, 6.45) is 0. The molecule has 0 spiro atoms. The lowest BCUT2D eigenvalue weighted by Gasteiger charge is -2.48. The summed E-state index contributed by atoms with van der Waals surface area (Å²) in [6, 6.07) is 11.0. The number of benzene rings is 2. The second kappa shape index (κ2) is 6.04. The fraction of sp³-hybridized carbons (Fsp3) is 0.429. The van der Waals surface area contributed by atoms with Gasteiger partial charge < -0.3 is 14.9 Å².